The van der Waals surface area contributed by atoms with Gasteiger partial charge in [-0.15, -0.1) is 11.8 Å². The van der Waals surface area contributed by atoms with Crippen molar-refractivity contribution in [1.82, 2.24) is 9.97 Å². The molecule has 0 unspecified atom stereocenters. The monoisotopic (exact) mass is 266 g/mol. The second kappa shape index (κ2) is 5.49. The van der Waals surface area contributed by atoms with Gasteiger partial charge in [-0.05, 0) is 36.6 Å². The lowest BCUT2D eigenvalue weighted by molar-refractivity contribution is 0.276. The molecule has 0 bridgehead atoms. The van der Waals surface area contributed by atoms with Crippen LogP contribution in [0, 0.1) is 0 Å². The number of benzene rings is 1. The Hall–Kier alpha value is -1.10. The summed E-state index contributed by atoms with van der Waals surface area (Å²) in [6.07, 6.45) is 1.94. The Balaban J connectivity index is 2.46. The molecule has 0 spiro atoms. The first-order valence-electron chi connectivity index (χ1n) is 5.01. The van der Waals surface area contributed by atoms with Crippen molar-refractivity contribution >= 4 is 23.4 Å². The van der Waals surface area contributed by atoms with Gasteiger partial charge in [-0.1, -0.05) is 11.6 Å². The summed E-state index contributed by atoms with van der Waals surface area (Å²) in [4.78, 5) is 8.68. The zero-order valence-corrected chi connectivity index (χ0v) is 10.8. The Labute approximate surface area is 109 Å². The van der Waals surface area contributed by atoms with Crippen molar-refractivity contribution in [3.8, 4) is 11.4 Å². The van der Waals surface area contributed by atoms with E-state index >= 15 is 0 Å². The van der Waals surface area contributed by atoms with Crippen LogP contribution in [0.3, 0.4) is 0 Å². The smallest absolute Gasteiger partial charge is 0.160 e. The van der Waals surface area contributed by atoms with Crippen molar-refractivity contribution in [3.05, 3.63) is 41.0 Å². The van der Waals surface area contributed by atoms with Gasteiger partial charge in [0.2, 0.25) is 0 Å². The molecule has 0 radical (unpaired) electrons. The van der Waals surface area contributed by atoms with E-state index in [1.54, 1.807) is 18.2 Å². The van der Waals surface area contributed by atoms with Crippen molar-refractivity contribution in [3.63, 3.8) is 0 Å². The number of thioether (sulfide) groups is 1. The Kier molecular flexibility index (Phi) is 3.99. The average molecular weight is 267 g/mol. The minimum absolute atomic E-state index is 0.0866. The van der Waals surface area contributed by atoms with Gasteiger partial charge in [0.25, 0.3) is 0 Å². The van der Waals surface area contributed by atoms with Crippen molar-refractivity contribution < 1.29 is 5.11 Å². The largest absolute Gasteiger partial charge is 0.390 e. The molecule has 0 atom stereocenters. The molecule has 2 aromatic rings. The van der Waals surface area contributed by atoms with E-state index in [4.69, 9.17) is 16.7 Å². The minimum atomic E-state index is -0.0866. The average Bonchev–Trinajstić information content (AvgIpc) is 2.39. The molecule has 1 heterocycles. The third-order valence-corrected chi connectivity index (χ3v) is 3.11. The summed E-state index contributed by atoms with van der Waals surface area (Å²) in [6, 6.07) is 9.10. The minimum Gasteiger partial charge on any atom is -0.390 e. The summed E-state index contributed by atoms with van der Waals surface area (Å²) in [7, 11) is 0. The summed E-state index contributed by atoms with van der Waals surface area (Å²) in [6.45, 7) is -0.0866. The molecule has 1 aromatic carbocycles. The van der Waals surface area contributed by atoms with Crippen LogP contribution in [0.25, 0.3) is 11.4 Å². The van der Waals surface area contributed by atoms with E-state index in [-0.39, 0.29) is 6.61 Å². The van der Waals surface area contributed by atoms with Crippen molar-refractivity contribution in [2.24, 2.45) is 0 Å². The molecule has 0 aliphatic heterocycles. The van der Waals surface area contributed by atoms with Crippen LogP contribution in [-0.4, -0.2) is 21.3 Å². The molecule has 3 nitrogen and oxygen atoms in total. The van der Waals surface area contributed by atoms with Crippen LogP contribution >= 0.6 is 23.4 Å². The number of hydrogen-bond donors (Lipinski definition) is 1. The topological polar surface area (TPSA) is 46.0 Å². The van der Waals surface area contributed by atoms with Crippen molar-refractivity contribution in [2.75, 3.05) is 6.26 Å². The van der Waals surface area contributed by atoms with E-state index < -0.39 is 0 Å². The molecule has 0 aliphatic rings. The lowest BCUT2D eigenvalue weighted by atomic mass is 10.2. The molecule has 1 N–H and O–H groups in total. The Morgan fingerprint density at radius 2 is 1.94 bits per heavy atom. The Morgan fingerprint density at radius 1 is 1.24 bits per heavy atom. The molecule has 1 aromatic heterocycles. The van der Waals surface area contributed by atoms with Crippen LogP contribution in [0.5, 0.6) is 0 Å². The maximum atomic E-state index is 9.15. The summed E-state index contributed by atoms with van der Waals surface area (Å²) in [5.74, 6) is 0.609. The highest BCUT2D eigenvalue weighted by Crippen LogP contribution is 2.21. The van der Waals surface area contributed by atoms with E-state index in [1.165, 1.54) is 11.8 Å². The lowest BCUT2D eigenvalue weighted by Crippen LogP contribution is -1.97. The van der Waals surface area contributed by atoms with Crippen LogP contribution in [0.4, 0.5) is 0 Å². The summed E-state index contributed by atoms with van der Waals surface area (Å²) in [5, 5.41) is 10.7. The fourth-order valence-corrected chi connectivity index (χ4v) is 1.94. The quantitative estimate of drug-likeness (QED) is 0.685. The van der Waals surface area contributed by atoms with Gasteiger partial charge in [-0.25, -0.2) is 9.97 Å². The molecule has 2 rings (SSSR count). The summed E-state index contributed by atoms with van der Waals surface area (Å²) < 4.78 is 0. The van der Waals surface area contributed by atoms with Crippen LogP contribution in [-0.2, 0) is 6.61 Å². The first kappa shape index (κ1) is 12.4. The highest BCUT2D eigenvalue weighted by atomic mass is 35.5. The number of hydrogen-bond acceptors (Lipinski definition) is 4. The van der Waals surface area contributed by atoms with Gasteiger partial charge < -0.3 is 5.11 Å². The summed E-state index contributed by atoms with van der Waals surface area (Å²) >= 11 is 7.35. The fraction of sp³-hybridized carbons (Fsp3) is 0.167. The third kappa shape index (κ3) is 2.97. The van der Waals surface area contributed by atoms with Crippen molar-refractivity contribution in [2.45, 2.75) is 11.6 Å². The van der Waals surface area contributed by atoms with Gasteiger partial charge in [0, 0.05) is 10.6 Å². The van der Waals surface area contributed by atoms with Gasteiger partial charge >= 0.3 is 0 Å². The van der Waals surface area contributed by atoms with Gasteiger partial charge in [0.05, 0.1) is 12.3 Å². The molecule has 0 aliphatic carbocycles. The number of aliphatic hydroxyl groups is 1. The van der Waals surface area contributed by atoms with Gasteiger partial charge in [0.1, 0.15) is 5.03 Å². The second-order valence-electron chi connectivity index (χ2n) is 3.39. The van der Waals surface area contributed by atoms with E-state index in [9.17, 15) is 0 Å². The molecular formula is C12H11ClN2OS. The third-order valence-electron chi connectivity index (χ3n) is 2.23. The predicted molar refractivity (Wildman–Crippen MR) is 70.2 cm³/mol. The highest BCUT2D eigenvalue weighted by Gasteiger charge is 2.06. The Bertz CT molecular complexity index is 494. The van der Waals surface area contributed by atoms with Crippen LogP contribution < -0.4 is 0 Å². The fourth-order valence-electron chi connectivity index (χ4n) is 1.39. The number of nitrogens with zero attached hydrogens (tertiary/aromatic N) is 2. The maximum Gasteiger partial charge on any atom is 0.160 e. The number of aliphatic hydroxyl groups excluding tert-OH is 1. The molecule has 0 fully saturated rings. The zero-order valence-electron chi connectivity index (χ0n) is 9.22. The van der Waals surface area contributed by atoms with E-state index in [1.807, 2.05) is 18.4 Å². The van der Waals surface area contributed by atoms with E-state index in [0.717, 1.165) is 10.6 Å². The zero-order chi connectivity index (χ0) is 12.3. The van der Waals surface area contributed by atoms with Gasteiger partial charge in [-0.2, -0.15) is 0 Å². The number of rotatable bonds is 3. The molecule has 0 amide bonds. The van der Waals surface area contributed by atoms with E-state index in [2.05, 4.69) is 9.97 Å². The molecule has 5 heteroatoms. The summed E-state index contributed by atoms with van der Waals surface area (Å²) in [5.41, 5.74) is 1.51. The highest BCUT2D eigenvalue weighted by molar-refractivity contribution is 7.98. The SMILES string of the molecule is CSc1cc(CO)nc(-c2ccc(Cl)cc2)n1. The lowest BCUT2D eigenvalue weighted by Gasteiger charge is -2.05. The standard InChI is InChI=1S/C12H11ClN2OS/c1-17-11-6-10(7-16)14-12(15-11)8-2-4-9(13)5-3-8/h2-6,16H,7H2,1H3. The normalized spacial score (nSPS) is 10.5. The van der Waals surface area contributed by atoms with Crippen LogP contribution in [0.2, 0.25) is 5.02 Å². The first-order valence-corrected chi connectivity index (χ1v) is 6.62. The van der Waals surface area contributed by atoms with E-state index in [0.29, 0.717) is 16.5 Å². The second-order valence-corrected chi connectivity index (χ2v) is 4.65. The molecule has 88 valence electrons. The number of halogens is 1. The number of aromatic nitrogens is 2. The maximum absolute atomic E-state index is 9.15. The predicted octanol–water partition coefficient (Wildman–Crippen LogP) is 3.01. The molecule has 17 heavy (non-hydrogen) atoms. The molecular weight excluding hydrogens is 256 g/mol. The van der Waals surface area contributed by atoms with Gasteiger partial charge in [0.15, 0.2) is 5.82 Å². The van der Waals surface area contributed by atoms with Crippen molar-refractivity contribution in [1.29, 1.82) is 0 Å². The van der Waals surface area contributed by atoms with Crippen LogP contribution in [0.1, 0.15) is 5.69 Å². The molecule has 0 saturated heterocycles. The van der Waals surface area contributed by atoms with Crippen LogP contribution in [0.15, 0.2) is 35.4 Å². The molecule has 0 saturated carbocycles. The Morgan fingerprint density at radius 3 is 2.53 bits per heavy atom. The van der Waals surface area contributed by atoms with Gasteiger partial charge in [-0.3, -0.25) is 0 Å². The first-order chi connectivity index (χ1) is 8.22.